The van der Waals surface area contributed by atoms with Crippen LogP contribution in [0.5, 0.6) is 0 Å². The number of nitrogens with zero attached hydrogens (tertiary/aromatic N) is 1. The smallest absolute Gasteiger partial charge is 0.151 e. The van der Waals surface area contributed by atoms with Gasteiger partial charge in [-0.15, -0.1) is 0 Å². The highest BCUT2D eigenvalue weighted by molar-refractivity contribution is 7.91. The van der Waals surface area contributed by atoms with Crippen molar-refractivity contribution in [1.29, 1.82) is 0 Å². The SMILES string of the molecule is CCCN(CCS(=O)(=O)CC)CC1CCCCN1. The van der Waals surface area contributed by atoms with Gasteiger partial charge in [0.25, 0.3) is 0 Å². The summed E-state index contributed by atoms with van der Waals surface area (Å²) in [6.45, 7) is 7.66. The van der Waals surface area contributed by atoms with E-state index in [1.165, 1.54) is 19.3 Å². The van der Waals surface area contributed by atoms with Crippen LogP contribution in [0.2, 0.25) is 0 Å². The Morgan fingerprint density at radius 3 is 2.56 bits per heavy atom. The minimum Gasteiger partial charge on any atom is -0.313 e. The first kappa shape index (κ1) is 15.9. The van der Waals surface area contributed by atoms with Crippen molar-refractivity contribution in [3.05, 3.63) is 0 Å². The molecule has 0 aliphatic carbocycles. The van der Waals surface area contributed by atoms with Gasteiger partial charge in [0.15, 0.2) is 9.84 Å². The lowest BCUT2D eigenvalue weighted by atomic mass is 10.0. The van der Waals surface area contributed by atoms with Crippen molar-refractivity contribution in [2.45, 2.75) is 45.6 Å². The van der Waals surface area contributed by atoms with Gasteiger partial charge in [0.2, 0.25) is 0 Å². The summed E-state index contributed by atoms with van der Waals surface area (Å²) in [6.07, 6.45) is 4.87. The minimum absolute atomic E-state index is 0.259. The quantitative estimate of drug-likeness (QED) is 0.725. The van der Waals surface area contributed by atoms with Crippen molar-refractivity contribution in [2.24, 2.45) is 0 Å². The van der Waals surface area contributed by atoms with Crippen LogP contribution in [0.15, 0.2) is 0 Å². The van der Waals surface area contributed by atoms with Crippen molar-refractivity contribution in [2.75, 3.05) is 37.7 Å². The minimum atomic E-state index is -2.84. The number of rotatable bonds is 8. The monoisotopic (exact) mass is 276 g/mol. The molecule has 1 heterocycles. The van der Waals surface area contributed by atoms with Crippen LogP contribution in [0, 0.1) is 0 Å². The molecule has 0 saturated carbocycles. The van der Waals surface area contributed by atoms with E-state index in [9.17, 15) is 8.42 Å². The van der Waals surface area contributed by atoms with E-state index in [1.807, 2.05) is 0 Å². The number of nitrogens with one attached hydrogen (secondary N) is 1. The fourth-order valence-electron chi connectivity index (χ4n) is 2.41. The van der Waals surface area contributed by atoms with E-state index in [2.05, 4.69) is 17.1 Å². The molecule has 0 aromatic carbocycles. The highest BCUT2D eigenvalue weighted by Gasteiger charge is 2.17. The van der Waals surface area contributed by atoms with Crippen molar-refractivity contribution in [3.63, 3.8) is 0 Å². The summed E-state index contributed by atoms with van der Waals surface area (Å²) in [7, 11) is -2.84. The predicted molar refractivity (Wildman–Crippen MR) is 76.7 cm³/mol. The van der Waals surface area contributed by atoms with Crippen LogP contribution in [0.25, 0.3) is 0 Å². The van der Waals surface area contributed by atoms with Gasteiger partial charge in [-0.3, -0.25) is 0 Å². The molecule has 0 aromatic heterocycles. The Balaban J connectivity index is 2.38. The van der Waals surface area contributed by atoms with Crippen LogP contribution in [0.4, 0.5) is 0 Å². The summed E-state index contributed by atoms with van der Waals surface area (Å²) in [5.74, 6) is 0.560. The summed E-state index contributed by atoms with van der Waals surface area (Å²) < 4.78 is 23.1. The molecule has 1 atom stereocenters. The molecule has 108 valence electrons. The van der Waals surface area contributed by atoms with Gasteiger partial charge in [0, 0.05) is 24.9 Å². The van der Waals surface area contributed by atoms with Crippen LogP contribution in [0.3, 0.4) is 0 Å². The molecule has 0 amide bonds. The molecule has 1 rings (SSSR count). The van der Waals surface area contributed by atoms with Gasteiger partial charge in [0.1, 0.15) is 0 Å². The molecule has 1 fully saturated rings. The summed E-state index contributed by atoms with van der Waals surface area (Å²) >= 11 is 0. The van der Waals surface area contributed by atoms with Crippen molar-refractivity contribution in [3.8, 4) is 0 Å². The Labute approximate surface area is 112 Å². The third-order valence-corrected chi connectivity index (χ3v) is 5.27. The average Bonchev–Trinajstić information content (AvgIpc) is 2.38. The fourth-order valence-corrected chi connectivity index (χ4v) is 3.24. The first-order chi connectivity index (χ1) is 8.57. The standard InChI is InChI=1S/C13H28N2O2S/c1-3-9-15(10-11-18(16,17)4-2)12-13-7-5-6-8-14-13/h13-14H,3-12H2,1-2H3. The molecule has 1 saturated heterocycles. The third kappa shape index (κ3) is 6.16. The maximum absolute atomic E-state index is 11.6. The zero-order chi connectivity index (χ0) is 13.4. The molecule has 5 heteroatoms. The highest BCUT2D eigenvalue weighted by atomic mass is 32.2. The Morgan fingerprint density at radius 1 is 1.22 bits per heavy atom. The number of hydrogen-bond acceptors (Lipinski definition) is 4. The maximum Gasteiger partial charge on any atom is 0.151 e. The molecule has 1 aliphatic heterocycles. The van der Waals surface area contributed by atoms with Crippen LogP contribution in [-0.4, -0.2) is 57.0 Å². The molecule has 1 N–H and O–H groups in total. The fraction of sp³-hybridized carbons (Fsp3) is 1.00. The Kier molecular flexibility index (Phi) is 7.19. The van der Waals surface area contributed by atoms with Gasteiger partial charge < -0.3 is 10.2 Å². The zero-order valence-electron chi connectivity index (χ0n) is 11.8. The molecule has 4 nitrogen and oxygen atoms in total. The van der Waals surface area contributed by atoms with Crippen LogP contribution < -0.4 is 5.32 Å². The van der Waals surface area contributed by atoms with Crippen molar-refractivity contribution < 1.29 is 8.42 Å². The third-order valence-electron chi connectivity index (χ3n) is 3.59. The van der Waals surface area contributed by atoms with Crippen LogP contribution >= 0.6 is 0 Å². The van der Waals surface area contributed by atoms with Crippen molar-refractivity contribution in [1.82, 2.24) is 10.2 Å². The summed E-state index contributed by atoms with van der Waals surface area (Å²) in [5, 5.41) is 3.53. The highest BCUT2D eigenvalue weighted by Crippen LogP contribution is 2.09. The van der Waals surface area contributed by atoms with Gasteiger partial charge in [-0.1, -0.05) is 20.3 Å². The summed E-state index contributed by atoms with van der Waals surface area (Å²) in [4.78, 5) is 2.30. The van der Waals surface area contributed by atoms with Gasteiger partial charge in [-0.05, 0) is 32.4 Å². The second-order valence-electron chi connectivity index (χ2n) is 5.18. The lowest BCUT2D eigenvalue weighted by molar-refractivity contribution is 0.234. The van der Waals surface area contributed by atoms with E-state index in [-0.39, 0.29) is 5.75 Å². The van der Waals surface area contributed by atoms with E-state index in [0.717, 1.165) is 26.1 Å². The maximum atomic E-state index is 11.6. The van der Waals surface area contributed by atoms with E-state index >= 15 is 0 Å². The van der Waals surface area contributed by atoms with Crippen LogP contribution in [-0.2, 0) is 9.84 Å². The first-order valence-electron chi connectivity index (χ1n) is 7.23. The molecule has 1 aliphatic rings. The van der Waals surface area contributed by atoms with Gasteiger partial charge >= 0.3 is 0 Å². The lowest BCUT2D eigenvalue weighted by Gasteiger charge is -2.30. The normalized spacial score (nSPS) is 21.4. The van der Waals surface area contributed by atoms with Gasteiger partial charge in [0.05, 0.1) is 5.75 Å². The Morgan fingerprint density at radius 2 is 2.00 bits per heavy atom. The largest absolute Gasteiger partial charge is 0.313 e. The second-order valence-corrected chi connectivity index (χ2v) is 7.66. The molecule has 18 heavy (non-hydrogen) atoms. The average molecular weight is 276 g/mol. The summed E-state index contributed by atoms with van der Waals surface area (Å²) in [5.41, 5.74) is 0. The predicted octanol–water partition coefficient (Wildman–Crippen LogP) is 1.28. The number of hydrogen-bond donors (Lipinski definition) is 1. The van der Waals surface area contributed by atoms with E-state index < -0.39 is 9.84 Å². The number of piperidine rings is 1. The Hall–Kier alpha value is -0.130. The molecular weight excluding hydrogens is 248 g/mol. The number of sulfone groups is 1. The summed E-state index contributed by atoms with van der Waals surface area (Å²) in [6, 6.07) is 0.551. The topological polar surface area (TPSA) is 49.4 Å². The van der Waals surface area contributed by atoms with E-state index in [0.29, 0.717) is 18.3 Å². The van der Waals surface area contributed by atoms with Crippen LogP contribution in [0.1, 0.15) is 39.5 Å². The molecule has 1 unspecified atom stereocenters. The molecular formula is C13H28N2O2S. The molecule has 0 spiro atoms. The van der Waals surface area contributed by atoms with Crippen molar-refractivity contribution >= 4 is 9.84 Å². The second kappa shape index (κ2) is 8.12. The zero-order valence-corrected chi connectivity index (χ0v) is 12.6. The molecule has 0 bridgehead atoms. The van der Waals surface area contributed by atoms with Gasteiger partial charge in [-0.25, -0.2) is 8.42 Å². The van der Waals surface area contributed by atoms with Gasteiger partial charge in [-0.2, -0.15) is 0 Å². The van der Waals surface area contributed by atoms with E-state index in [1.54, 1.807) is 6.92 Å². The lowest BCUT2D eigenvalue weighted by Crippen LogP contribution is -2.45. The molecule has 0 radical (unpaired) electrons. The molecule has 0 aromatic rings. The van der Waals surface area contributed by atoms with E-state index in [4.69, 9.17) is 0 Å². The Bertz CT molecular complexity index is 311. The first-order valence-corrected chi connectivity index (χ1v) is 9.05.